The smallest absolute Gasteiger partial charge is 0.262 e. The molecule has 1 amide bonds. The maximum Gasteiger partial charge on any atom is 0.262 e. The average molecular weight is 412 g/mol. The van der Waals surface area contributed by atoms with Crippen molar-refractivity contribution in [3.05, 3.63) is 100 Å². The Morgan fingerprint density at radius 1 is 0.903 bits per heavy atom. The minimum atomic E-state index is -0.381. The van der Waals surface area contributed by atoms with Crippen molar-refractivity contribution in [1.29, 1.82) is 0 Å². The monoisotopic (exact) mass is 412 g/mol. The van der Waals surface area contributed by atoms with Gasteiger partial charge in [0.15, 0.2) is 5.78 Å². The number of Topliss-reactive ketones (excluding diaryl/α,β-unsaturated/α-hetero) is 1. The van der Waals surface area contributed by atoms with Gasteiger partial charge in [0, 0.05) is 34.3 Å². The van der Waals surface area contributed by atoms with Crippen LogP contribution >= 0.6 is 0 Å². The summed E-state index contributed by atoms with van der Waals surface area (Å²) in [5.41, 5.74) is 1.69. The summed E-state index contributed by atoms with van der Waals surface area (Å²) < 4.78 is 6.70. The Hall–Kier alpha value is -4.19. The summed E-state index contributed by atoms with van der Waals surface area (Å²) in [4.78, 5) is 38.0. The van der Waals surface area contributed by atoms with Crippen LogP contribution in [0.2, 0.25) is 0 Å². The molecule has 4 aromatic rings. The minimum absolute atomic E-state index is 0.0897. The summed E-state index contributed by atoms with van der Waals surface area (Å²) in [6.45, 7) is 1.47. The number of nitrogens with one attached hydrogen (secondary N) is 1. The van der Waals surface area contributed by atoms with E-state index in [1.54, 1.807) is 79.9 Å². The molecular weight excluding hydrogens is 392 g/mol. The second-order valence-corrected chi connectivity index (χ2v) is 7.06. The van der Waals surface area contributed by atoms with Crippen LogP contribution in [0.5, 0.6) is 5.75 Å². The van der Waals surface area contributed by atoms with E-state index in [4.69, 9.17) is 4.74 Å². The second kappa shape index (κ2) is 8.28. The first kappa shape index (κ1) is 20.1. The SMILES string of the molecule is COc1cccc(-n2cc(C(=O)Nc3cccc(C(C)=O)c3)c3ccccc3c2=O)c1. The Morgan fingerprint density at radius 2 is 1.65 bits per heavy atom. The molecule has 0 radical (unpaired) electrons. The third kappa shape index (κ3) is 3.96. The Kier molecular flexibility index (Phi) is 5.37. The number of ether oxygens (including phenoxy) is 1. The molecule has 154 valence electrons. The quantitative estimate of drug-likeness (QED) is 0.491. The number of nitrogens with zero attached hydrogens (tertiary/aromatic N) is 1. The largest absolute Gasteiger partial charge is 0.497 e. The third-order valence-electron chi connectivity index (χ3n) is 5.03. The zero-order chi connectivity index (χ0) is 22.0. The lowest BCUT2D eigenvalue weighted by molar-refractivity contribution is 0.101. The summed E-state index contributed by atoms with van der Waals surface area (Å²) in [6.07, 6.45) is 1.53. The van der Waals surface area contributed by atoms with E-state index in [1.807, 2.05) is 0 Å². The Morgan fingerprint density at radius 3 is 2.39 bits per heavy atom. The normalized spacial score (nSPS) is 10.6. The topological polar surface area (TPSA) is 77.4 Å². The van der Waals surface area contributed by atoms with Crippen molar-refractivity contribution in [2.24, 2.45) is 0 Å². The maximum atomic E-state index is 13.2. The van der Waals surface area contributed by atoms with Gasteiger partial charge in [-0.25, -0.2) is 0 Å². The summed E-state index contributed by atoms with van der Waals surface area (Å²) in [7, 11) is 1.55. The predicted molar refractivity (Wildman–Crippen MR) is 120 cm³/mol. The number of amides is 1. The molecular formula is C25H20N2O4. The number of carbonyl (C=O) groups is 2. The molecule has 3 aromatic carbocycles. The van der Waals surface area contributed by atoms with Gasteiger partial charge in [0.2, 0.25) is 0 Å². The van der Waals surface area contributed by atoms with Crippen molar-refractivity contribution in [2.45, 2.75) is 6.92 Å². The average Bonchev–Trinajstić information content (AvgIpc) is 2.79. The molecule has 0 aliphatic heterocycles. The molecule has 0 fully saturated rings. The van der Waals surface area contributed by atoms with Gasteiger partial charge in [0.05, 0.1) is 18.4 Å². The molecule has 6 nitrogen and oxygen atoms in total. The molecule has 0 unspecified atom stereocenters. The molecule has 31 heavy (non-hydrogen) atoms. The van der Waals surface area contributed by atoms with E-state index >= 15 is 0 Å². The van der Waals surface area contributed by atoms with Crippen molar-refractivity contribution < 1.29 is 14.3 Å². The van der Waals surface area contributed by atoms with E-state index in [0.717, 1.165) is 0 Å². The Bertz CT molecular complexity index is 1370. The van der Waals surface area contributed by atoms with Crippen LogP contribution in [0.25, 0.3) is 16.5 Å². The van der Waals surface area contributed by atoms with E-state index in [-0.39, 0.29) is 17.2 Å². The number of hydrogen-bond donors (Lipinski definition) is 1. The Balaban J connectivity index is 1.84. The number of methoxy groups -OCH3 is 1. The van der Waals surface area contributed by atoms with Gasteiger partial charge in [0.25, 0.3) is 11.5 Å². The summed E-state index contributed by atoms with van der Waals surface area (Å²) in [5, 5.41) is 3.81. The van der Waals surface area contributed by atoms with Crippen molar-refractivity contribution in [1.82, 2.24) is 4.57 Å². The van der Waals surface area contributed by atoms with Crippen molar-refractivity contribution in [2.75, 3.05) is 12.4 Å². The molecule has 4 rings (SSSR count). The van der Waals surface area contributed by atoms with Crippen LogP contribution in [0.3, 0.4) is 0 Å². The number of rotatable bonds is 5. The molecule has 0 saturated heterocycles. The molecule has 0 saturated carbocycles. The number of benzene rings is 3. The second-order valence-electron chi connectivity index (χ2n) is 7.06. The lowest BCUT2D eigenvalue weighted by Gasteiger charge is -2.13. The number of fused-ring (bicyclic) bond motifs is 1. The van der Waals surface area contributed by atoms with Gasteiger partial charge in [-0.3, -0.25) is 19.0 Å². The van der Waals surface area contributed by atoms with Gasteiger partial charge in [-0.1, -0.05) is 36.4 Å². The van der Waals surface area contributed by atoms with Crippen LogP contribution in [0, 0.1) is 0 Å². The summed E-state index contributed by atoms with van der Waals surface area (Å²) in [5.74, 6) is 0.131. The van der Waals surface area contributed by atoms with E-state index in [9.17, 15) is 14.4 Å². The van der Waals surface area contributed by atoms with Gasteiger partial charge < -0.3 is 10.1 Å². The number of pyridine rings is 1. The fourth-order valence-electron chi connectivity index (χ4n) is 3.44. The van der Waals surface area contributed by atoms with E-state index in [2.05, 4.69) is 5.32 Å². The molecule has 1 aromatic heterocycles. The lowest BCUT2D eigenvalue weighted by Crippen LogP contribution is -2.22. The van der Waals surface area contributed by atoms with Crippen LogP contribution in [0.4, 0.5) is 5.69 Å². The zero-order valence-electron chi connectivity index (χ0n) is 17.1. The highest BCUT2D eigenvalue weighted by atomic mass is 16.5. The standard InChI is InChI=1S/C25H20N2O4/c1-16(28)17-7-5-8-18(13-17)26-24(29)23-15-27(19-9-6-10-20(14-19)31-2)25(30)22-12-4-3-11-21(22)23/h3-15H,1-2H3,(H,26,29). The highest BCUT2D eigenvalue weighted by molar-refractivity contribution is 6.13. The van der Waals surface area contributed by atoms with Gasteiger partial charge in [-0.2, -0.15) is 0 Å². The maximum absolute atomic E-state index is 13.2. The first-order valence-corrected chi connectivity index (χ1v) is 9.69. The van der Waals surface area contributed by atoms with Crippen molar-refractivity contribution in [3.63, 3.8) is 0 Å². The number of hydrogen-bond acceptors (Lipinski definition) is 4. The highest BCUT2D eigenvalue weighted by Gasteiger charge is 2.16. The molecule has 0 aliphatic rings. The fraction of sp³-hybridized carbons (Fsp3) is 0.0800. The van der Waals surface area contributed by atoms with Crippen molar-refractivity contribution >= 4 is 28.2 Å². The van der Waals surface area contributed by atoms with Crippen LogP contribution in [-0.4, -0.2) is 23.4 Å². The van der Waals surface area contributed by atoms with Crippen LogP contribution < -0.4 is 15.6 Å². The van der Waals surface area contributed by atoms with E-state index in [0.29, 0.717) is 39.0 Å². The van der Waals surface area contributed by atoms with E-state index in [1.165, 1.54) is 17.7 Å². The van der Waals surface area contributed by atoms with Crippen molar-refractivity contribution in [3.8, 4) is 11.4 Å². The molecule has 0 atom stereocenters. The Labute approximate surface area is 178 Å². The summed E-state index contributed by atoms with van der Waals surface area (Å²) in [6, 6.07) is 20.8. The van der Waals surface area contributed by atoms with Gasteiger partial charge in [0.1, 0.15) is 5.75 Å². The van der Waals surface area contributed by atoms with Crippen LogP contribution in [0.15, 0.2) is 83.8 Å². The summed E-state index contributed by atoms with van der Waals surface area (Å²) >= 11 is 0. The molecule has 1 N–H and O–H groups in total. The third-order valence-corrected chi connectivity index (χ3v) is 5.03. The highest BCUT2D eigenvalue weighted by Crippen LogP contribution is 2.21. The minimum Gasteiger partial charge on any atom is -0.497 e. The fourth-order valence-corrected chi connectivity index (χ4v) is 3.44. The lowest BCUT2D eigenvalue weighted by atomic mass is 10.1. The molecule has 0 spiro atoms. The zero-order valence-corrected chi connectivity index (χ0v) is 17.1. The number of anilines is 1. The molecule has 0 bridgehead atoms. The molecule has 6 heteroatoms. The predicted octanol–water partition coefficient (Wildman–Crippen LogP) is 4.45. The first-order chi connectivity index (χ1) is 15.0. The van der Waals surface area contributed by atoms with Crippen LogP contribution in [0.1, 0.15) is 27.6 Å². The van der Waals surface area contributed by atoms with E-state index < -0.39 is 0 Å². The molecule has 0 aliphatic carbocycles. The number of ketones is 1. The molecule has 1 heterocycles. The first-order valence-electron chi connectivity index (χ1n) is 9.69. The van der Waals surface area contributed by atoms with Gasteiger partial charge in [-0.05, 0) is 37.3 Å². The number of carbonyl (C=O) groups excluding carboxylic acids is 2. The van der Waals surface area contributed by atoms with Crippen LogP contribution in [-0.2, 0) is 0 Å². The number of aromatic nitrogens is 1. The van der Waals surface area contributed by atoms with Gasteiger partial charge >= 0.3 is 0 Å². The van der Waals surface area contributed by atoms with Gasteiger partial charge in [-0.15, -0.1) is 0 Å².